The van der Waals surface area contributed by atoms with Crippen LogP contribution in [0.3, 0.4) is 0 Å². The van der Waals surface area contributed by atoms with Crippen molar-refractivity contribution in [3.8, 4) is 5.75 Å². The normalized spacial score (nSPS) is 11.7. The molecule has 0 aromatic heterocycles. The van der Waals surface area contributed by atoms with Gasteiger partial charge in [-0.3, -0.25) is 0 Å². The van der Waals surface area contributed by atoms with Gasteiger partial charge in [-0.05, 0) is 42.7 Å². The molecular weight excluding hydrogens is 246 g/mol. The Morgan fingerprint density at radius 3 is 2.40 bits per heavy atom. The van der Waals surface area contributed by atoms with E-state index >= 15 is 0 Å². The minimum Gasteiger partial charge on any atom is -0.488 e. The molecule has 2 heteroatoms. The summed E-state index contributed by atoms with van der Waals surface area (Å²) < 4.78 is 5.94. The Kier molecular flexibility index (Phi) is 4.42. The first-order valence-corrected chi connectivity index (χ1v) is 6.76. The standard InChI is InChI=1S/C18H19NO/c1-13-10-17(15(3)19-4)18(11-14(13)2)20-12-16-8-6-5-7-9-16/h5-11,15H,12H2,1-3H3. The Hall–Kier alpha value is -2.27. The van der Waals surface area contributed by atoms with E-state index in [1.54, 1.807) is 0 Å². The average molecular weight is 265 g/mol. The van der Waals surface area contributed by atoms with Crippen LogP contribution < -0.4 is 4.74 Å². The van der Waals surface area contributed by atoms with Gasteiger partial charge in [0, 0.05) is 6.92 Å². The molecule has 0 heterocycles. The van der Waals surface area contributed by atoms with Crippen molar-refractivity contribution in [2.24, 2.45) is 0 Å². The Labute approximate surface area is 120 Å². The van der Waals surface area contributed by atoms with Crippen molar-refractivity contribution in [3.63, 3.8) is 0 Å². The van der Waals surface area contributed by atoms with Crippen LogP contribution in [-0.4, -0.2) is 0 Å². The highest BCUT2D eigenvalue weighted by molar-refractivity contribution is 5.44. The first kappa shape index (κ1) is 14.1. The molecule has 0 amide bonds. The van der Waals surface area contributed by atoms with Crippen LogP contribution in [0, 0.1) is 20.4 Å². The highest BCUT2D eigenvalue weighted by Crippen LogP contribution is 2.31. The number of rotatable bonds is 4. The zero-order valence-corrected chi connectivity index (χ0v) is 12.2. The van der Waals surface area contributed by atoms with Gasteiger partial charge in [-0.15, -0.1) is 0 Å². The van der Waals surface area contributed by atoms with Crippen LogP contribution in [-0.2, 0) is 6.61 Å². The molecule has 102 valence electrons. The van der Waals surface area contributed by atoms with E-state index < -0.39 is 0 Å². The van der Waals surface area contributed by atoms with E-state index in [0.29, 0.717) is 6.61 Å². The molecular formula is C18H19NO. The van der Waals surface area contributed by atoms with E-state index in [2.05, 4.69) is 24.8 Å². The summed E-state index contributed by atoms with van der Waals surface area (Å²) in [5, 5.41) is 0. The molecule has 0 radical (unpaired) electrons. The van der Waals surface area contributed by atoms with Crippen molar-refractivity contribution in [3.05, 3.63) is 76.1 Å². The highest BCUT2D eigenvalue weighted by atomic mass is 16.5. The molecule has 0 fully saturated rings. The van der Waals surface area contributed by atoms with Gasteiger partial charge < -0.3 is 9.58 Å². The molecule has 0 aliphatic rings. The van der Waals surface area contributed by atoms with Crippen LogP contribution in [0.5, 0.6) is 5.75 Å². The van der Waals surface area contributed by atoms with E-state index in [1.807, 2.05) is 43.3 Å². The molecule has 1 atom stereocenters. The van der Waals surface area contributed by atoms with Crippen molar-refractivity contribution >= 4 is 0 Å². The summed E-state index contributed by atoms with van der Waals surface area (Å²) in [7, 11) is 0. The third kappa shape index (κ3) is 3.19. The van der Waals surface area contributed by atoms with Gasteiger partial charge in [0.2, 0.25) is 6.04 Å². The minimum absolute atomic E-state index is 0.180. The summed E-state index contributed by atoms with van der Waals surface area (Å²) in [4.78, 5) is 3.62. The smallest absolute Gasteiger partial charge is 0.249 e. The molecule has 2 aromatic carbocycles. The van der Waals surface area contributed by atoms with Crippen LogP contribution in [0.15, 0.2) is 42.5 Å². The van der Waals surface area contributed by atoms with Crippen molar-refractivity contribution in [2.75, 3.05) is 0 Å². The predicted octanol–water partition coefficient (Wildman–Crippen LogP) is 4.86. The Bertz CT molecular complexity index is 626. The summed E-state index contributed by atoms with van der Waals surface area (Å²) in [5.41, 5.74) is 4.49. The van der Waals surface area contributed by atoms with Crippen LogP contribution in [0.2, 0.25) is 0 Å². The number of nitrogens with zero attached hydrogens (tertiary/aromatic N) is 1. The second kappa shape index (κ2) is 6.25. The van der Waals surface area contributed by atoms with Gasteiger partial charge in [-0.25, -0.2) is 6.57 Å². The first-order chi connectivity index (χ1) is 9.61. The Balaban J connectivity index is 2.26. The van der Waals surface area contributed by atoms with E-state index in [0.717, 1.165) is 16.9 Å². The first-order valence-electron chi connectivity index (χ1n) is 6.76. The molecule has 20 heavy (non-hydrogen) atoms. The van der Waals surface area contributed by atoms with Gasteiger partial charge >= 0.3 is 0 Å². The van der Waals surface area contributed by atoms with Crippen LogP contribution in [0.25, 0.3) is 4.85 Å². The van der Waals surface area contributed by atoms with E-state index in [9.17, 15) is 0 Å². The van der Waals surface area contributed by atoms with Gasteiger partial charge in [-0.1, -0.05) is 30.3 Å². The number of benzene rings is 2. The lowest BCUT2D eigenvalue weighted by Crippen LogP contribution is -2.01. The maximum Gasteiger partial charge on any atom is 0.249 e. The molecule has 0 aliphatic heterocycles. The SMILES string of the molecule is [C-]#[N+]C(C)c1cc(C)c(C)cc1OCc1ccccc1. The molecule has 0 N–H and O–H groups in total. The molecule has 2 rings (SSSR count). The fourth-order valence-electron chi connectivity index (χ4n) is 2.07. The van der Waals surface area contributed by atoms with Crippen molar-refractivity contribution < 1.29 is 4.74 Å². The maximum atomic E-state index is 7.23. The van der Waals surface area contributed by atoms with Gasteiger partial charge in [-0.2, -0.15) is 0 Å². The zero-order valence-electron chi connectivity index (χ0n) is 12.2. The molecule has 1 unspecified atom stereocenters. The molecule has 2 nitrogen and oxygen atoms in total. The summed E-state index contributed by atoms with van der Waals surface area (Å²) in [6.07, 6.45) is 0. The molecule has 0 spiro atoms. The van der Waals surface area contributed by atoms with Crippen LogP contribution in [0.4, 0.5) is 0 Å². The maximum absolute atomic E-state index is 7.23. The lowest BCUT2D eigenvalue weighted by atomic mass is 10.0. The quantitative estimate of drug-likeness (QED) is 0.719. The lowest BCUT2D eigenvalue weighted by Gasteiger charge is -2.14. The number of ether oxygens (including phenoxy) is 1. The van der Waals surface area contributed by atoms with Crippen molar-refractivity contribution in [2.45, 2.75) is 33.4 Å². The van der Waals surface area contributed by atoms with E-state index in [-0.39, 0.29) is 6.04 Å². The molecule has 0 aliphatic carbocycles. The number of aryl methyl sites for hydroxylation is 2. The summed E-state index contributed by atoms with van der Waals surface area (Å²) in [6.45, 7) is 13.8. The predicted molar refractivity (Wildman–Crippen MR) is 81.7 cm³/mol. The topological polar surface area (TPSA) is 13.6 Å². The Morgan fingerprint density at radius 2 is 1.75 bits per heavy atom. The van der Waals surface area contributed by atoms with Gasteiger partial charge in [0.15, 0.2) is 0 Å². The summed E-state index contributed by atoms with van der Waals surface area (Å²) in [6, 6.07) is 14.0. The van der Waals surface area contributed by atoms with Gasteiger partial charge in [0.1, 0.15) is 12.4 Å². The van der Waals surface area contributed by atoms with E-state index in [4.69, 9.17) is 11.3 Å². The zero-order chi connectivity index (χ0) is 14.5. The average Bonchev–Trinajstić information content (AvgIpc) is 2.48. The van der Waals surface area contributed by atoms with Crippen LogP contribution >= 0.6 is 0 Å². The van der Waals surface area contributed by atoms with E-state index in [1.165, 1.54) is 11.1 Å². The molecule has 0 saturated heterocycles. The number of hydrogen-bond donors (Lipinski definition) is 0. The monoisotopic (exact) mass is 265 g/mol. The molecule has 2 aromatic rings. The third-order valence-electron chi connectivity index (χ3n) is 3.51. The third-order valence-corrected chi connectivity index (χ3v) is 3.51. The highest BCUT2D eigenvalue weighted by Gasteiger charge is 2.16. The molecule has 0 bridgehead atoms. The largest absolute Gasteiger partial charge is 0.488 e. The number of hydrogen-bond acceptors (Lipinski definition) is 1. The minimum atomic E-state index is -0.180. The fraction of sp³-hybridized carbons (Fsp3) is 0.278. The Morgan fingerprint density at radius 1 is 1.10 bits per heavy atom. The van der Waals surface area contributed by atoms with Crippen molar-refractivity contribution in [1.29, 1.82) is 0 Å². The molecule has 0 saturated carbocycles. The van der Waals surface area contributed by atoms with Gasteiger partial charge in [0.05, 0.1) is 5.56 Å². The second-order valence-corrected chi connectivity index (χ2v) is 5.05. The summed E-state index contributed by atoms with van der Waals surface area (Å²) in [5.74, 6) is 0.820. The van der Waals surface area contributed by atoms with Gasteiger partial charge in [0.25, 0.3) is 0 Å². The second-order valence-electron chi connectivity index (χ2n) is 5.05. The lowest BCUT2D eigenvalue weighted by molar-refractivity contribution is 0.302. The fourth-order valence-corrected chi connectivity index (χ4v) is 2.07. The van der Waals surface area contributed by atoms with Crippen LogP contribution in [0.1, 0.15) is 35.2 Å². The summed E-state index contributed by atoms with van der Waals surface area (Å²) >= 11 is 0. The van der Waals surface area contributed by atoms with Crippen molar-refractivity contribution in [1.82, 2.24) is 0 Å².